The van der Waals surface area contributed by atoms with Crippen LogP contribution in [0.5, 0.6) is 0 Å². The van der Waals surface area contributed by atoms with Crippen molar-refractivity contribution in [3.8, 4) is 0 Å². The highest BCUT2D eigenvalue weighted by molar-refractivity contribution is 5.90. The van der Waals surface area contributed by atoms with Crippen LogP contribution < -0.4 is 11.1 Å². The van der Waals surface area contributed by atoms with Gasteiger partial charge in [-0.15, -0.1) is 10.2 Å². The fourth-order valence-corrected chi connectivity index (χ4v) is 2.46. The number of aromatic nitrogens is 2. The second-order valence-corrected chi connectivity index (χ2v) is 5.68. The second kappa shape index (κ2) is 5.52. The van der Waals surface area contributed by atoms with Gasteiger partial charge in [0.1, 0.15) is 5.82 Å². The van der Waals surface area contributed by atoms with Gasteiger partial charge in [-0.25, -0.2) is 0 Å². The average Bonchev–Trinajstić information content (AvgIpc) is 3.27. The molecule has 1 aliphatic rings. The van der Waals surface area contributed by atoms with Crippen molar-refractivity contribution in [3.63, 3.8) is 0 Å². The molecule has 108 valence electrons. The van der Waals surface area contributed by atoms with E-state index in [2.05, 4.69) is 39.8 Å². The van der Waals surface area contributed by atoms with E-state index in [9.17, 15) is 4.79 Å². The van der Waals surface area contributed by atoms with Crippen LogP contribution in [0.4, 0.5) is 5.82 Å². The van der Waals surface area contributed by atoms with Crippen LogP contribution in [0.25, 0.3) is 0 Å². The molecule has 21 heavy (non-hydrogen) atoms. The van der Waals surface area contributed by atoms with Crippen LogP contribution >= 0.6 is 0 Å². The van der Waals surface area contributed by atoms with Gasteiger partial charge in [-0.2, -0.15) is 0 Å². The Morgan fingerprint density at radius 3 is 2.48 bits per heavy atom. The van der Waals surface area contributed by atoms with Gasteiger partial charge in [-0.3, -0.25) is 4.79 Å². The average molecular weight is 282 g/mol. The SMILES string of the molecule is NC(=O)c1ccc(NCC2(Cc3ccccc3)CC2)nn1. The van der Waals surface area contributed by atoms with Gasteiger partial charge in [0.15, 0.2) is 5.69 Å². The smallest absolute Gasteiger partial charge is 0.269 e. The van der Waals surface area contributed by atoms with Crippen LogP contribution in [0.1, 0.15) is 28.9 Å². The molecule has 0 aliphatic heterocycles. The van der Waals surface area contributed by atoms with Crippen LogP contribution in [0.15, 0.2) is 42.5 Å². The van der Waals surface area contributed by atoms with Gasteiger partial charge in [0.2, 0.25) is 0 Å². The molecule has 1 fully saturated rings. The lowest BCUT2D eigenvalue weighted by atomic mass is 9.96. The summed E-state index contributed by atoms with van der Waals surface area (Å²) in [5.41, 5.74) is 7.02. The first-order chi connectivity index (χ1) is 10.2. The van der Waals surface area contributed by atoms with Gasteiger partial charge in [0.25, 0.3) is 5.91 Å². The minimum absolute atomic E-state index is 0.186. The zero-order valence-electron chi connectivity index (χ0n) is 11.7. The number of amides is 1. The molecule has 0 radical (unpaired) electrons. The molecule has 0 atom stereocenters. The quantitative estimate of drug-likeness (QED) is 0.849. The number of primary amides is 1. The van der Waals surface area contributed by atoms with Gasteiger partial charge in [-0.1, -0.05) is 30.3 Å². The fraction of sp³-hybridized carbons (Fsp3) is 0.312. The van der Waals surface area contributed by atoms with Crippen molar-refractivity contribution in [3.05, 3.63) is 53.7 Å². The number of anilines is 1. The Kier molecular flexibility index (Phi) is 3.56. The first kappa shape index (κ1) is 13.5. The molecule has 3 rings (SSSR count). The van der Waals surface area contributed by atoms with Gasteiger partial charge < -0.3 is 11.1 Å². The van der Waals surface area contributed by atoms with E-state index in [-0.39, 0.29) is 5.69 Å². The molecule has 2 aromatic rings. The highest BCUT2D eigenvalue weighted by Crippen LogP contribution is 2.48. The molecule has 0 bridgehead atoms. The first-order valence-electron chi connectivity index (χ1n) is 7.08. The van der Waals surface area contributed by atoms with Gasteiger partial charge >= 0.3 is 0 Å². The van der Waals surface area contributed by atoms with E-state index in [1.807, 2.05) is 6.07 Å². The lowest BCUT2D eigenvalue weighted by molar-refractivity contribution is 0.0994. The molecule has 1 aliphatic carbocycles. The number of carbonyl (C=O) groups is 1. The van der Waals surface area contributed by atoms with Crippen LogP contribution in [0.3, 0.4) is 0 Å². The van der Waals surface area contributed by atoms with Crippen molar-refractivity contribution in [1.82, 2.24) is 10.2 Å². The summed E-state index contributed by atoms with van der Waals surface area (Å²) in [6.07, 6.45) is 3.52. The summed E-state index contributed by atoms with van der Waals surface area (Å²) in [4.78, 5) is 10.9. The van der Waals surface area contributed by atoms with Crippen molar-refractivity contribution in [2.45, 2.75) is 19.3 Å². The normalized spacial score (nSPS) is 15.4. The summed E-state index contributed by atoms with van der Waals surface area (Å²) >= 11 is 0. The Labute approximate surface area is 123 Å². The monoisotopic (exact) mass is 282 g/mol. The molecule has 0 spiro atoms. The predicted molar refractivity (Wildman–Crippen MR) is 80.9 cm³/mol. The third-order valence-corrected chi connectivity index (χ3v) is 3.94. The topological polar surface area (TPSA) is 80.9 Å². The van der Waals surface area contributed by atoms with Gasteiger partial charge in [0, 0.05) is 6.54 Å². The van der Waals surface area contributed by atoms with Crippen LogP contribution in [-0.4, -0.2) is 22.6 Å². The van der Waals surface area contributed by atoms with E-state index in [1.54, 1.807) is 12.1 Å². The number of carbonyl (C=O) groups excluding carboxylic acids is 1. The van der Waals surface area contributed by atoms with E-state index in [0.29, 0.717) is 11.2 Å². The largest absolute Gasteiger partial charge is 0.368 e. The Morgan fingerprint density at radius 1 is 1.14 bits per heavy atom. The van der Waals surface area contributed by atoms with Crippen molar-refractivity contribution in [2.75, 3.05) is 11.9 Å². The van der Waals surface area contributed by atoms with Crippen molar-refractivity contribution in [2.24, 2.45) is 11.1 Å². The molecule has 1 aromatic heterocycles. The molecule has 5 heteroatoms. The summed E-state index contributed by atoms with van der Waals surface area (Å²) in [7, 11) is 0. The molecule has 1 aromatic carbocycles. The van der Waals surface area contributed by atoms with Crippen LogP contribution in [0, 0.1) is 5.41 Å². The van der Waals surface area contributed by atoms with Crippen molar-refractivity contribution < 1.29 is 4.79 Å². The maximum absolute atomic E-state index is 10.9. The Hall–Kier alpha value is -2.43. The maximum Gasteiger partial charge on any atom is 0.269 e. The Morgan fingerprint density at radius 2 is 1.90 bits per heavy atom. The molecular formula is C16H18N4O. The number of nitrogens with one attached hydrogen (secondary N) is 1. The third-order valence-electron chi connectivity index (χ3n) is 3.94. The van der Waals surface area contributed by atoms with E-state index in [4.69, 9.17) is 5.73 Å². The van der Waals surface area contributed by atoms with Crippen LogP contribution in [0.2, 0.25) is 0 Å². The maximum atomic E-state index is 10.9. The van der Waals surface area contributed by atoms with E-state index >= 15 is 0 Å². The first-order valence-corrected chi connectivity index (χ1v) is 7.08. The summed E-state index contributed by atoms with van der Waals surface area (Å²) in [5, 5.41) is 11.1. The number of hydrogen-bond acceptors (Lipinski definition) is 4. The molecule has 1 heterocycles. The summed E-state index contributed by atoms with van der Waals surface area (Å²) < 4.78 is 0. The van der Waals surface area contributed by atoms with Crippen molar-refractivity contribution >= 4 is 11.7 Å². The Balaban J connectivity index is 1.58. The minimum Gasteiger partial charge on any atom is -0.368 e. The predicted octanol–water partition coefficient (Wildman–Crippen LogP) is 2.01. The molecule has 5 nitrogen and oxygen atoms in total. The molecular weight excluding hydrogens is 264 g/mol. The summed E-state index contributed by atoms with van der Waals surface area (Å²) in [6.45, 7) is 0.868. The number of benzene rings is 1. The van der Waals surface area contributed by atoms with Gasteiger partial charge in [0.05, 0.1) is 0 Å². The molecule has 3 N–H and O–H groups in total. The molecule has 1 amide bonds. The Bertz CT molecular complexity index is 620. The molecule has 0 saturated heterocycles. The van der Waals surface area contributed by atoms with E-state index < -0.39 is 5.91 Å². The molecule has 0 unspecified atom stereocenters. The van der Waals surface area contributed by atoms with E-state index in [1.165, 1.54) is 18.4 Å². The number of nitrogens with two attached hydrogens (primary N) is 1. The fourth-order valence-electron chi connectivity index (χ4n) is 2.46. The standard InChI is InChI=1S/C16H18N4O/c17-15(21)13-6-7-14(20-19-13)18-11-16(8-9-16)10-12-4-2-1-3-5-12/h1-7H,8-11H2,(H2,17,21)(H,18,20). The number of nitrogens with zero attached hydrogens (tertiary/aromatic N) is 2. The van der Waals surface area contributed by atoms with Crippen LogP contribution in [-0.2, 0) is 6.42 Å². The third kappa shape index (κ3) is 3.37. The highest BCUT2D eigenvalue weighted by atomic mass is 16.1. The summed E-state index contributed by atoms with van der Waals surface area (Å²) in [5.74, 6) is 0.121. The second-order valence-electron chi connectivity index (χ2n) is 5.68. The molecule has 1 saturated carbocycles. The van der Waals surface area contributed by atoms with Crippen molar-refractivity contribution in [1.29, 1.82) is 0 Å². The summed E-state index contributed by atoms with van der Waals surface area (Å²) in [6, 6.07) is 13.9. The number of rotatable bonds is 6. The highest BCUT2D eigenvalue weighted by Gasteiger charge is 2.42. The number of hydrogen-bond donors (Lipinski definition) is 2. The minimum atomic E-state index is -0.559. The lowest BCUT2D eigenvalue weighted by Crippen LogP contribution is -2.19. The zero-order chi connectivity index (χ0) is 14.7. The lowest BCUT2D eigenvalue weighted by Gasteiger charge is -2.16. The van der Waals surface area contributed by atoms with Gasteiger partial charge in [-0.05, 0) is 42.4 Å². The van der Waals surface area contributed by atoms with E-state index in [0.717, 1.165) is 13.0 Å². The zero-order valence-corrected chi connectivity index (χ0v) is 11.7.